The lowest BCUT2D eigenvalue weighted by Gasteiger charge is -2.16. The Bertz CT molecular complexity index is 535. The summed E-state index contributed by atoms with van der Waals surface area (Å²) in [5.41, 5.74) is 2.44. The van der Waals surface area contributed by atoms with E-state index in [0.29, 0.717) is 6.04 Å². The third-order valence-electron chi connectivity index (χ3n) is 3.07. The van der Waals surface area contributed by atoms with Gasteiger partial charge in [0.25, 0.3) is 0 Å². The van der Waals surface area contributed by atoms with Crippen LogP contribution in [0.5, 0.6) is 0 Å². The Labute approximate surface area is 111 Å². The van der Waals surface area contributed by atoms with Gasteiger partial charge in [-0.05, 0) is 19.9 Å². The van der Waals surface area contributed by atoms with Crippen molar-refractivity contribution in [3.63, 3.8) is 0 Å². The van der Waals surface area contributed by atoms with E-state index in [1.165, 1.54) is 10.9 Å². The van der Waals surface area contributed by atoms with Gasteiger partial charge in [0.05, 0.1) is 5.52 Å². The summed E-state index contributed by atoms with van der Waals surface area (Å²) < 4.78 is 2.03. The van der Waals surface area contributed by atoms with Crippen LogP contribution < -0.4 is 0 Å². The molecule has 0 saturated carbocycles. The van der Waals surface area contributed by atoms with Crippen molar-refractivity contribution < 1.29 is 0 Å². The van der Waals surface area contributed by atoms with Crippen molar-refractivity contribution in [2.75, 3.05) is 0 Å². The Morgan fingerprint density at radius 1 is 1.28 bits per heavy atom. The molecular formula is C15H22BN2. The van der Waals surface area contributed by atoms with Gasteiger partial charge in [0.2, 0.25) is 0 Å². The van der Waals surface area contributed by atoms with E-state index in [-0.39, 0.29) is 5.31 Å². The SMILES string of the molecule is CC(C)n1cc2ccc(C[B]C(C)(C)C)cc2n1. The minimum Gasteiger partial charge on any atom is -0.269 e. The summed E-state index contributed by atoms with van der Waals surface area (Å²) in [7, 11) is 2.35. The Kier molecular flexibility index (Phi) is 3.51. The molecule has 0 amide bonds. The Morgan fingerprint density at radius 3 is 2.61 bits per heavy atom. The molecule has 0 bridgehead atoms. The van der Waals surface area contributed by atoms with E-state index >= 15 is 0 Å². The Hall–Kier alpha value is -1.25. The van der Waals surface area contributed by atoms with Crippen molar-refractivity contribution in [3.8, 4) is 0 Å². The van der Waals surface area contributed by atoms with Crippen LogP contribution >= 0.6 is 0 Å². The average Bonchev–Trinajstić information content (AvgIpc) is 2.68. The van der Waals surface area contributed by atoms with E-state index in [1.54, 1.807) is 0 Å². The first-order valence-electron chi connectivity index (χ1n) is 6.67. The zero-order valence-electron chi connectivity index (χ0n) is 12.1. The van der Waals surface area contributed by atoms with Gasteiger partial charge in [-0.15, -0.1) is 0 Å². The number of hydrogen-bond acceptors (Lipinski definition) is 1. The molecule has 0 aliphatic heterocycles. The fraction of sp³-hybridized carbons (Fsp3) is 0.533. The number of nitrogens with zero attached hydrogens (tertiary/aromatic N) is 2. The number of rotatable bonds is 3. The average molecular weight is 241 g/mol. The molecular weight excluding hydrogens is 219 g/mol. The van der Waals surface area contributed by atoms with Gasteiger partial charge in [0, 0.05) is 17.6 Å². The summed E-state index contributed by atoms with van der Waals surface area (Å²) in [6.45, 7) is 11.0. The smallest absolute Gasteiger partial charge is 0.122 e. The van der Waals surface area contributed by atoms with Crippen molar-refractivity contribution in [2.45, 2.75) is 52.3 Å². The zero-order valence-corrected chi connectivity index (χ0v) is 12.1. The van der Waals surface area contributed by atoms with Gasteiger partial charge in [-0.1, -0.05) is 50.1 Å². The summed E-state index contributed by atoms with van der Waals surface area (Å²) in [4.78, 5) is 0. The van der Waals surface area contributed by atoms with Gasteiger partial charge >= 0.3 is 0 Å². The van der Waals surface area contributed by atoms with E-state index in [4.69, 9.17) is 0 Å². The van der Waals surface area contributed by atoms with Gasteiger partial charge in [0.1, 0.15) is 7.28 Å². The summed E-state index contributed by atoms with van der Waals surface area (Å²) in [5.74, 6) is 0. The van der Waals surface area contributed by atoms with Crippen molar-refractivity contribution in [2.24, 2.45) is 0 Å². The summed E-state index contributed by atoms with van der Waals surface area (Å²) in [5, 5.41) is 6.12. The minimum absolute atomic E-state index is 0.270. The molecule has 0 fully saturated rings. The van der Waals surface area contributed by atoms with Gasteiger partial charge in [-0.2, -0.15) is 5.10 Å². The number of fused-ring (bicyclic) bond motifs is 1. The number of benzene rings is 1. The van der Waals surface area contributed by atoms with Crippen LogP contribution in [-0.2, 0) is 6.32 Å². The van der Waals surface area contributed by atoms with Gasteiger partial charge < -0.3 is 0 Å². The van der Waals surface area contributed by atoms with Gasteiger partial charge in [-0.3, -0.25) is 4.68 Å². The number of aromatic nitrogens is 2. The molecule has 18 heavy (non-hydrogen) atoms. The van der Waals surface area contributed by atoms with Crippen LogP contribution in [-0.4, -0.2) is 17.1 Å². The van der Waals surface area contributed by atoms with Crippen LogP contribution in [0.2, 0.25) is 5.31 Å². The highest BCUT2D eigenvalue weighted by Gasteiger charge is 2.12. The fourth-order valence-corrected chi connectivity index (χ4v) is 1.90. The second-order valence-corrected chi connectivity index (χ2v) is 6.37. The number of hydrogen-bond donors (Lipinski definition) is 0. The van der Waals surface area contributed by atoms with Crippen LogP contribution in [0.1, 0.15) is 46.2 Å². The highest BCUT2D eigenvalue weighted by Crippen LogP contribution is 2.23. The molecule has 1 aromatic heterocycles. The fourth-order valence-electron chi connectivity index (χ4n) is 1.90. The Balaban J connectivity index is 2.21. The molecule has 0 atom stereocenters. The van der Waals surface area contributed by atoms with Crippen molar-refractivity contribution in [1.29, 1.82) is 0 Å². The first kappa shape index (κ1) is 13.2. The maximum Gasteiger partial charge on any atom is 0.122 e. The zero-order chi connectivity index (χ0) is 13.3. The normalized spacial score (nSPS) is 12.3. The lowest BCUT2D eigenvalue weighted by molar-refractivity contribution is 0.537. The first-order chi connectivity index (χ1) is 8.35. The van der Waals surface area contributed by atoms with E-state index < -0.39 is 0 Å². The monoisotopic (exact) mass is 241 g/mol. The molecule has 3 heteroatoms. The highest BCUT2D eigenvalue weighted by molar-refractivity contribution is 6.39. The minimum atomic E-state index is 0.270. The molecule has 95 valence electrons. The second kappa shape index (κ2) is 4.79. The van der Waals surface area contributed by atoms with Crippen LogP contribution in [0.3, 0.4) is 0 Å². The maximum atomic E-state index is 4.62. The van der Waals surface area contributed by atoms with E-state index in [1.807, 2.05) is 4.68 Å². The molecule has 0 N–H and O–H groups in total. The summed E-state index contributed by atoms with van der Waals surface area (Å²) >= 11 is 0. The van der Waals surface area contributed by atoms with Crippen molar-refractivity contribution in [1.82, 2.24) is 9.78 Å². The second-order valence-electron chi connectivity index (χ2n) is 6.37. The Morgan fingerprint density at radius 2 is 2.00 bits per heavy atom. The largest absolute Gasteiger partial charge is 0.269 e. The van der Waals surface area contributed by atoms with Crippen LogP contribution in [0, 0.1) is 0 Å². The summed E-state index contributed by atoms with van der Waals surface area (Å²) in [6.07, 6.45) is 3.13. The molecule has 2 aromatic rings. The predicted octanol–water partition coefficient (Wildman–Crippen LogP) is 4.04. The maximum absolute atomic E-state index is 4.62. The highest BCUT2D eigenvalue weighted by atomic mass is 15.3. The molecule has 0 aliphatic carbocycles. The molecule has 1 aromatic carbocycles. The summed E-state index contributed by atoms with van der Waals surface area (Å²) in [6, 6.07) is 7.00. The standard InChI is InChI=1S/C15H22BN2/c1-11(2)18-10-13-7-6-12(8-14(13)17-18)9-16-15(3,4)5/h6-8,10-11H,9H2,1-5H3. The van der Waals surface area contributed by atoms with Gasteiger partial charge in [0.15, 0.2) is 0 Å². The quantitative estimate of drug-likeness (QED) is 0.741. The molecule has 0 saturated heterocycles. The van der Waals surface area contributed by atoms with E-state index in [0.717, 1.165) is 11.8 Å². The lowest BCUT2D eigenvalue weighted by Crippen LogP contribution is -2.11. The predicted molar refractivity (Wildman–Crippen MR) is 79.3 cm³/mol. The topological polar surface area (TPSA) is 17.8 Å². The third kappa shape index (κ3) is 3.15. The van der Waals surface area contributed by atoms with E-state index in [9.17, 15) is 0 Å². The molecule has 0 spiro atoms. The van der Waals surface area contributed by atoms with Crippen molar-refractivity contribution >= 4 is 18.2 Å². The van der Waals surface area contributed by atoms with Crippen LogP contribution in [0.25, 0.3) is 10.9 Å². The van der Waals surface area contributed by atoms with Crippen LogP contribution in [0.4, 0.5) is 0 Å². The molecule has 1 radical (unpaired) electrons. The van der Waals surface area contributed by atoms with Crippen molar-refractivity contribution in [3.05, 3.63) is 30.0 Å². The third-order valence-corrected chi connectivity index (χ3v) is 3.07. The van der Waals surface area contributed by atoms with Gasteiger partial charge in [-0.25, -0.2) is 0 Å². The molecule has 2 rings (SSSR count). The van der Waals surface area contributed by atoms with Crippen LogP contribution in [0.15, 0.2) is 24.4 Å². The lowest BCUT2D eigenvalue weighted by atomic mass is 9.52. The molecule has 0 unspecified atom stereocenters. The molecule has 0 aliphatic rings. The molecule has 2 nitrogen and oxygen atoms in total. The molecule has 1 heterocycles. The van der Waals surface area contributed by atoms with E-state index in [2.05, 4.69) is 71.4 Å². The first-order valence-corrected chi connectivity index (χ1v) is 6.67.